The Kier molecular flexibility index (Phi) is 5.00. The summed E-state index contributed by atoms with van der Waals surface area (Å²) in [6.45, 7) is 0.295. The largest absolute Gasteiger partial charge is 0.489 e. The molecule has 20 heavy (non-hydrogen) atoms. The molecule has 0 N–H and O–H groups in total. The summed E-state index contributed by atoms with van der Waals surface area (Å²) in [4.78, 5) is 3.99. The summed E-state index contributed by atoms with van der Waals surface area (Å²) in [6, 6.07) is 13.1. The Bertz CT molecular complexity index is 695. The molecular formula is C16H11ClN2O. The second-order valence-corrected chi connectivity index (χ2v) is 4.14. The molecule has 0 saturated heterocycles. The second kappa shape index (κ2) is 7.19. The van der Waals surface area contributed by atoms with Gasteiger partial charge in [-0.25, -0.2) is 4.98 Å². The van der Waals surface area contributed by atoms with E-state index in [-0.39, 0.29) is 0 Å². The van der Waals surface area contributed by atoms with E-state index < -0.39 is 0 Å². The minimum absolute atomic E-state index is 0.295. The lowest BCUT2D eigenvalue weighted by atomic mass is 10.2. The molecule has 0 unspecified atom stereocenters. The van der Waals surface area contributed by atoms with Crippen molar-refractivity contribution in [1.82, 2.24) is 4.98 Å². The fourth-order valence-corrected chi connectivity index (χ4v) is 1.68. The van der Waals surface area contributed by atoms with Crippen LogP contribution in [0.25, 0.3) is 0 Å². The third kappa shape index (κ3) is 3.75. The number of nitrogens with zero attached hydrogens (tertiary/aromatic N) is 2. The average Bonchev–Trinajstić information content (AvgIpc) is 2.51. The Balaban J connectivity index is 2.09. The Morgan fingerprint density at radius 1 is 1.25 bits per heavy atom. The lowest BCUT2D eigenvalue weighted by Gasteiger charge is -2.07. The molecule has 0 bridgehead atoms. The molecule has 0 amide bonds. The average molecular weight is 283 g/mol. The van der Waals surface area contributed by atoms with Crippen molar-refractivity contribution in [3.8, 4) is 23.7 Å². The van der Waals surface area contributed by atoms with Crippen LogP contribution in [-0.4, -0.2) is 10.9 Å². The Morgan fingerprint density at radius 3 is 2.95 bits per heavy atom. The molecule has 0 radical (unpaired) electrons. The summed E-state index contributed by atoms with van der Waals surface area (Å²) in [6.07, 6.45) is 1.59. The van der Waals surface area contributed by atoms with Crippen LogP contribution in [0.3, 0.4) is 0 Å². The third-order valence-corrected chi connectivity index (χ3v) is 2.66. The van der Waals surface area contributed by atoms with Crippen LogP contribution in [0.4, 0.5) is 0 Å². The van der Waals surface area contributed by atoms with Crippen molar-refractivity contribution in [2.24, 2.45) is 0 Å². The van der Waals surface area contributed by atoms with E-state index in [1.807, 2.05) is 36.4 Å². The molecule has 1 aromatic carbocycles. The fraction of sp³-hybridized carbons (Fsp3) is 0.125. The maximum Gasteiger partial charge on any atom is 0.147 e. The van der Waals surface area contributed by atoms with Gasteiger partial charge in [-0.15, -0.1) is 11.6 Å². The first-order chi connectivity index (χ1) is 9.83. The molecular weight excluding hydrogens is 272 g/mol. The van der Waals surface area contributed by atoms with Crippen LogP contribution in [0.15, 0.2) is 42.6 Å². The zero-order valence-electron chi connectivity index (χ0n) is 10.6. The lowest BCUT2D eigenvalue weighted by molar-refractivity contribution is 0.305. The van der Waals surface area contributed by atoms with Crippen LogP contribution >= 0.6 is 11.6 Å². The first-order valence-corrected chi connectivity index (χ1v) is 6.48. The van der Waals surface area contributed by atoms with Gasteiger partial charge in [0, 0.05) is 17.3 Å². The van der Waals surface area contributed by atoms with Gasteiger partial charge in [-0.3, -0.25) is 0 Å². The smallest absolute Gasteiger partial charge is 0.147 e. The van der Waals surface area contributed by atoms with Crippen LogP contribution in [0.2, 0.25) is 0 Å². The van der Waals surface area contributed by atoms with Crippen LogP contribution in [0, 0.1) is 23.2 Å². The van der Waals surface area contributed by atoms with Gasteiger partial charge in [0.15, 0.2) is 0 Å². The van der Waals surface area contributed by atoms with Crippen molar-refractivity contribution in [2.45, 2.75) is 6.61 Å². The molecule has 3 nitrogen and oxygen atoms in total. The zero-order valence-corrected chi connectivity index (χ0v) is 11.4. The van der Waals surface area contributed by atoms with E-state index in [0.717, 1.165) is 11.1 Å². The minimum Gasteiger partial charge on any atom is -0.489 e. The highest BCUT2D eigenvalue weighted by molar-refractivity contribution is 6.19. The molecule has 2 rings (SSSR count). The number of nitriles is 1. The van der Waals surface area contributed by atoms with Gasteiger partial charge in [0.1, 0.15) is 24.1 Å². The SMILES string of the molecule is N#Cc1ncccc1COc1cccc(C#CCCl)c1. The Morgan fingerprint density at radius 2 is 2.15 bits per heavy atom. The molecule has 0 saturated carbocycles. The van der Waals surface area contributed by atoms with E-state index in [0.29, 0.717) is 23.9 Å². The first kappa shape index (κ1) is 13.9. The van der Waals surface area contributed by atoms with Crippen LogP contribution in [0.1, 0.15) is 16.8 Å². The summed E-state index contributed by atoms with van der Waals surface area (Å²) in [7, 11) is 0. The lowest BCUT2D eigenvalue weighted by Crippen LogP contribution is -1.99. The van der Waals surface area contributed by atoms with E-state index in [1.165, 1.54) is 0 Å². The second-order valence-electron chi connectivity index (χ2n) is 3.87. The number of alkyl halides is 1. The summed E-state index contributed by atoms with van der Waals surface area (Å²) in [5.74, 6) is 6.71. The number of hydrogen-bond acceptors (Lipinski definition) is 3. The molecule has 2 aromatic rings. The Hall–Kier alpha value is -2.49. The highest BCUT2D eigenvalue weighted by Crippen LogP contribution is 2.15. The van der Waals surface area contributed by atoms with Gasteiger partial charge in [0.2, 0.25) is 0 Å². The summed E-state index contributed by atoms with van der Waals surface area (Å²) >= 11 is 5.52. The quantitative estimate of drug-likeness (QED) is 0.642. The van der Waals surface area contributed by atoms with Crippen molar-refractivity contribution >= 4 is 11.6 Å². The van der Waals surface area contributed by atoms with Crippen molar-refractivity contribution in [3.63, 3.8) is 0 Å². The zero-order chi connectivity index (χ0) is 14.2. The summed E-state index contributed by atoms with van der Waals surface area (Å²) in [5.41, 5.74) is 1.98. The van der Waals surface area contributed by atoms with E-state index >= 15 is 0 Å². The van der Waals surface area contributed by atoms with Gasteiger partial charge in [-0.05, 0) is 24.3 Å². The third-order valence-electron chi connectivity index (χ3n) is 2.53. The normalized spacial score (nSPS) is 9.20. The highest BCUT2D eigenvalue weighted by atomic mass is 35.5. The van der Waals surface area contributed by atoms with Gasteiger partial charge < -0.3 is 4.74 Å². The minimum atomic E-state index is 0.295. The Labute approximate surface area is 122 Å². The molecule has 0 spiro atoms. The topological polar surface area (TPSA) is 45.9 Å². The van der Waals surface area contributed by atoms with Crippen molar-refractivity contribution in [2.75, 3.05) is 5.88 Å². The van der Waals surface area contributed by atoms with E-state index in [4.69, 9.17) is 21.6 Å². The molecule has 0 fully saturated rings. The van der Waals surface area contributed by atoms with Gasteiger partial charge in [0.25, 0.3) is 0 Å². The maximum absolute atomic E-state index is 8.96. The number of halogens is 1. The van der Waals surface area contributed by atoms with Gasteiger partial charge in [-0.1, -0.05) is 24.0 Å². The van der Waals surface area contributed by atoms with Gasteiger partial charge in [-0.2, -0.15) is 5.26 Å². The maximum atomic E-state index is 8.96. The molecule has 1 heterocycles. The number of ether oxygens (including phenoxy) is 1. The number of rotatable bonds is 3. The number of benzene rings is 1. The molecule has 0 aliphatic rings. The molecule has 0 aliphatic heterocycles. The number of aromatic nitrogens is 1. The standard InChI is InChI=1S/C16H11ClN2O/c17-8-2-5-13-4-1-7-15(10-13)20-12-14-6-3-9-19-16(14)11-18/h1,3-4,6-7,9-10H,8,12H2. The predicted octanol–water partition coefficient (Wildman–Crippen LogP) is 3.12. The van der Waals surface area contributed by atoms with E-state index in [2.05, 4.69) is 16.8 Å². The van der Waals surface area contributed by atoms with Crippen LogP contribution in [-0.2, 0) is 6.61 Å². The highest BCUT2D eigenvalue weighted by Gasteiger charge is 2.03. The van der Waals surface area contributed by atoms with Crippen molar-refractivity contribution < 1.29 is 4.74 Å². The van der Waals surface area contributed by atoms with E-state index in [1.54, 1.807) is 12.3 Å². The monoisotopic (exact) mass is 282 g/mol. The van der Waals surface area contributed by atoms with Gasteiger partial charge >= 0.3 is 0 Å². The predicted molar refractivity (Wildman–Crippen MR) is 77.3 cm³/mol. The fourth-order valence-electron chi connectivity index (χ4n) is 1.62. The summed E-state index contributed by atoms with van der Waals surface area (Å²) < 4.78 is 5.66. The summed E-state index contributed by atoms with van der Waals surface area (Å²) in [5, 5.41) is 8.96. The molecule has 0 atom stereocenters. The van der Waals surface area contributed by atoms with Crippen LogP contribution < -0.4 is 4.74 Å². The van der Waals surface area contributed by atoms with E-state index in [9.17, 15) is 0 Å². The molecule has 1 aromatic heterocycles. The molecule has 0 aliphatic carbocycles. The van der Waals surface area contributed by atoms with Crippen LogP contribution in [0.5, 0.6) is 5.75 Å². The van der Waals surface area contributed by atoms with Crippen molar-refractivity contribution in [1.29, 1.82) is 5.26 Å². The number of pyridine rings is 1. The molecule has 4 heteroatoms. The van der Waals surface area contributed by atoms with Gasteiger partial charge in [0.05, 0.1) is 5.88 Å². The number of hydrogen-bond donors (Lipinski definition) is 0. The molecule has 98 valence electrons. The first-order valence-electron chi connectivity index (χ1n) is 5.95. The van der Waals surface area contributed by atoms with Crippen molar-refractivity contribution in [3.05, 3.63) is 59.4 Å².